The molecule has 2 N–H and O–H groups in total. The van der Waals surface area contributed by atoms with E-state index >= 15 is 0 Å². The van der Waals surface area contributed by atoms with Gasteiger partial charge in [-0.25, -0.2) is 14.2 Å². The molecule has 38 heavy (non-hydrogen) atoms. The van der Waals surface area contributed by atoms with E-state index < -0.39 is 11.4 Å². The van der Waals surface area contributed by atoms with Gasteiger partial charge in [0.1, 0.15) is 29.4 Å². The number of nitrogens with zero attached hydrogens (tertiary/aromatic N) is 4. The number of hydrogen-bond donors (Lipinski definition) is 2. The number of amides is 1. The van der Waals surface area contributed by atoms with Crippen LogP contribution in [0, 0.1) is 5.82 Å². The van der Waals surface area contributed by atoms with Gasteiger partial charge in [-0.15, -0.1) is 0 Å². The second kappa shape index (κ2) is 9.13. The number of H-pyrrole nitrogens is 1. The molecular formula is C28H30FN5O4. The van der Waals surface area contributed by atoms with E-state index in [-0.39, 0.29) is 24.1 Å². The summed E-state index contributed by atoms with van der Waals surface area (Å²) in [7, 11) is 0. The molecule has 1 amide bonds. The number of nitrogens with one attached hydrogen (secondary N) is 1. The number of aromatic nitrogens is 1. The molecule has 2 bridgehead atoms. The first-order chi connectivity index (χ1) is 18.2. The molecule has 9 nitrogen and oxygen atoms in total. The van der Waals surface area contributed by atoms with Crippen LogP contribution in [0.2, 0.25) is 0 Å². The SMILES string of the molecule is CC(C)(C)OC(=O)N1C[C@@H]2C[C@H]1CN2CCO/N=C1/C(c2c(O)[nH]c3ccc(F)cc23)=Nc2ccccc21. The molecule has 2 saturated heterocycles. The van der Waals surface area contributed by atoms with E-state index in [1.165, 1.54) is 12.1 Å². The van der Waals surface area contributed by atoms with E-state index in [9.17, 15) is 14.3 Å². The first-order valence-electron chi connectivity index (χ1n) is 12.8. The van der Waals surface area contributed by atoms with Crippen LogP contribution in [0.15, 0.2) is 52.6 Å². The van der Waals surface area contributed by atoms with Crippen molar-refractivity contribution >= 4 is 34.1 Å². The molecule has 2 fully saturated rings. The standard InChI is InChI=1S/C28H30FN5O4/c1-28(2,3)38-27(36)34-15-17-13-18(34)14-33(17)10-11-37-32-24-19-6-4-5-7-21(19)30-25(24)23-20-12-16(29)8-9-22(20)31-26(23)35/h4-9,12,17-18,31,35H,10-11,13-15H2,1-3H3/b32-24+/t17-,18-/m0/s1. The van der Waals surface area contributed by atoms with Gasteiger partial charge in [-0.05, 0) is 51.5 Å². The highest BCUT2D eigenvalue weighted by Gasteiger charge is 2.46. The highest BCUT2D eigenvalue weighted by molar-refractivity contribution is 6.58. The Balaban J connectivity index is 1.15. The summed E-state index contributed by atoms with van der Waals surface area (Å²) in [6.45, 7) is 8.06. The van der Waals surface area contributed by atoms with Crippen LogP contribution in [0.5, 0.6) is 5.88 Å². The van der Waals surface area contributed by atoms with Crippen LogP contribution in [0.1, 0.15) is 38.3 Å². The highest BCUT2D eigenvalue weighted by Crippen LogP contribution is 2.36. The summed E-state index contributed by atoms with van der Waals surface area (Å²) in [5.41, 5.74) is 2.87. The third-order valence-corrected chi connectivity index (χ3v) is 7.20. The van der Waals surface area contributed by atoms with E-state index in [1.807, 2.05) is 49.9 Å². The number of carbonyl (C=O) groups excluding carboxylic acids is 1. The number of oxime groups is 1. The van der Waals surface area contributed by atoms with Crippen molar-refractivity contribution in [1.82, 2.24) is 14.8 Å². The van der Waals surface area contributed by atoms with Gasteiger partial charge in [-0.3, -0.25) is 4.90 Å². The Morgan fingerprint density at radius 2 is 2.03 bits per heavy atom. The van der Waals surface area contributed by atoms with Gasteiger partial charge in [-0.2, -0.15) is 0 Å². The number of aromatic amines is 1. The lowest BCUT2D eigenvalue weighted by Crippen LogP contribution is -2.50. The van der Waals surface area contributed by atoms with Crippen molar-refractivity contribution in [3.63, 3.8) is 0 Å². The Morgan fingerprint density at radius 1 is 1.21 bits per heavy atom. The van der Waals surface area contributed by atoms with Crippen LogP contribution in [-0.2, 0) is 9.57 Å². The minimum absolute atomic E-state index is 0.104. The van der Waals surface area contributed by atoms with Gasteiger partial charge < -0.3 is 24.6 Å². The third kappa shape index (κ3) is 4.38. The van der Waals surface area contributed by atoms with E-state index in [0.29, 0.717) is 53.3 Å². The summed E-state index contributed by atoms with van der Waals surface area (Å²) in [6, 6.07) is 12.2. The number of piperazine rings is 1. The molecule has 198 valence electrons. The van der Waals surface area contributed by atoms with Gasteiger partial charge in [0.2, 0.25) is 0 Å². The molecule has 0 spiro atoms. The zero-order valence-corrected chi connectivity index (χ0v) is 21.6. The Labute approximate surface area is 219 Å². The molecule has 0 aliphatic carbocycles. The van der Waals surface area contributed by atoms with Crippen molar-refractivity contribution in [2.45, 2.75) is 44.9 Å². The van der Waals surface area contributed by atoms with Crippen LogP contribution < -0.4 is 0 Å². The number of halogens is 1. The molecule has 2 aromatic carbocycles. The van der Waals surface area contributed by atoms with E-state index in [2.05, 4.69) is 15.0 Å². The Kier molecular flexibility index (Phi) is 5.86. The lowest BCUT2D eigenvalue weighted by molar-refractivity contribution is 0.0104. The minimum Gasteiger partial charge on any atom is -0.494 e. The van der Waals surface area contributed by atoms with Crippen LogP contribution in [-0.4, -0.2) is 81.3 Å². The van der Waals surface area contributed by atoms with Crippen molar-refractivity contribution in [2.75, 3.05) is 26.2 Å². The summed E-state index contributed by atoms with van der Waals surface area (Å²) in [5, 5.41) is 15.6. The predicted octanol–water partition coefficient (Wildman–Crippen LogP) is 4.56. The zero-order valence-electron chi connectivity index (χ0n) is 21.6. The van der Waals surface area contributed by atoms with Gasteiger partial charge in [-0.1, -0.05) is 23.4 Å². The highest BCUT2D eigenvalue weighted by atomic mass is 19.1. The van der Waals surface area contributed by atoms with Crippen LogP contribution in [0.4, 0.5) is 14.9 Å². The molecule has 3 aliphatic rings. The van der Waals surface area contributed by atoms with E-state index in [0.717, 1.165) is 18.5 Å². The fraction of sp³-hybridized carbons (Fsp3) is 0.393. The molecule has 4 heterocycles. The van der Waals surface area contributed by atoms with Gasteiger partial charge >= 0.3 is 6.09 Å². The molecule has 0 unspecified atom stereocenters. The number of aliphatic imine (C=N–C) groups is 1. The summed E-state index contributed by atoms with van der Waals surface area (Å²) >= 11 is 0. The third-order valence-electron chi connectivity index (χ3n) is 7.20. The summed E-state index contributed by atoms with van der Waals surface area (Å²) in [5.74, 6) is -0.513. The summed E-state index contributed by atoms with van der Waals surface area (Å²) in [4.78, 5) is 30.0. The van der Waals surface area contributed by atoms with Gasteiger partial charge in [0.05, 0.1) is 11.3 Å². The Bertz CT molecular complexity index is 1470. The van der Waals surface area contributed by atoms with Crippen molar-refractivity contribution in [1.29, 1.82) is 0 Å². The summed E-state index contributed by atoms with van der Waals surface area (Å²) < 4.78 is 19.6. The number of aromatic hydroxyl groups is 1. The smallest absolute Gasteiger partial charge is 0.410 e. The topological polar surface area (TPSA) is 103 Å². The minimum atomic E-state index is -0.510. The molecule has 6 rings (SSSR count). The average Bonchev–Trinajstić information content (AvgIpc) is 3.61. The van der Waals surface area contributed by atoms with Crippen LogP contribution in [0.3, 0.4) is 0 Å². The molecular weight excluding hydrogens is 489 g/mol. The van der Waals surface area contributed by atoms with E-state index in [4.69, 9.17) is 14.6 Å². The Hall–Kier alpha value is -3.92. The molecule has 1 aromatic heterocycles. The Morgan fingerprint density at radius 3 is 2.79 bits per heavy atom. The maximum absolute atomic E-state index is 14.1. The first-order valence-corrected chi connectivity index (χ1v) is 12.8. The zero-order chi connectivity index (χ0) is 26.6. The van der Waals surface area contributed by atoms with Gasteiger partial charge in [0.25, 0.3) is 0 Å². The second-order valence-electron chi connectivity index (χ2n) is 11.0. The van der Waals surface area contributed by atoms with Crippen molar-refractivity contribution < 1.29 is 23.9 Å². The number of benzene rings is 2. The molecule has 0 saturated carbocycles. The molecule has 10 heteroatoms. The fourth-order valence-corrected chi connectivity index (χ4v) is 5.56. The first kappa shape index (κ1) is 24.4. The number of para-hydroxylation sites is 1. The monoisotopic (exact) mass is 519 g/mol. The number of likely N-dealkylation sites (tertiary alicyclic amines) is 2. The van der Waals surface area contributed by atoms with Gasteiger partial charge in [0, 0.05) is 48.2 Å². The quantitative estimate of drug-likeness (QED) is 0.380. The molecule has 3 aromatic rings. The fourth-order valence-electron chi connectivity index (χ4n) is 5.56. The molecule has 0 radical (unpaired) electrons. The maximum Gasteiger partial charge on any atom is 0.410 e. The van der Waals surface area contributed by atoms with Crippen LogP contribution in [0.25, 0.3) is 10.9 Å². The summed E-state index contributed by atoms with van der Waals surface area (Å²) in [6.07, 6.45) is 0.674. The molecule has 2 atom stereocenters. The largest absolute Gasteiger partial charge is 0.494 e. The van der Waals surface area contributed by atoms with Crippen molar-refractivity contribution in [3.05, 3.63) is 59.4 Å². The lowest BCUT2D eigenvalue weighted by Gasteiger charge is -2.34. The number of hydrogen-bond acceptors (Lipinski definition) is 7. The second-order valence-corrected chi connectivity index (χ2v) is 11.0. The van der Waals surface area contributed by atoms with Gasteiger partial charge in [0.15, 0.2) is 5.88 Å². The number of rotatable bonds is 5. The van der Waals surface area contributed by atoms with Crippen molar-refractivity contribution in [3.8, 4) is 5.88 Å². The van der Waals surface area contributed by atoms with E-state index in [1.54, 1.807) is 6.07 Å². The predicted molar refractivity (Wildman–Crippen MR) is 142 cm³/mol. The lowest BCUT2D eigenvalue weighted by atomic mass is 10.0. The van der Waals surface area contributed by atoms with Crippen LogP contribution >= 0.6 is 0 Å². The molecule has 3 aliphatic heterocycles. The average molecular weight is 520 g/mol. The number of fused-ring (bicyclic) bond motifs is 4. The normalized spacial score (nSPS) is 21.8. The van der Waals surface area contributed by atoms with Crippen molar-refractivity contribution in [2.24, 2.45) is 10.1 Å². The number of carbonyl (C=O) groups is 1. The number of ether oxygens (including phenoxy) is 1. The maximum atomic E-state index is 14.1.